The van der Waals surface area contributed by atoms with Crippen LogP contribution in [0.25, 0.3) is 0 Å². The number of nitrogens with zero attached hydrogens (tertiary/aromatic N) is 2. The Hall–Kier alpha value is -2.93. The highest BCUT2D eigenvalue weighted by atomic mass is 16.5. The van der Waals surface area contributed by atoms with Crippen molar-refractivity contribution in [2.75, 3.05) is 61.6 Å². The Bertz CT molecular complexity index is 1140. The summed E-state index contributed by atoms with van der Waals surface area (Å²) in [6.07, 6.45) is 2.40. The van der Waals surface area contributed by atoms with Crippen LogP contribution in [0.3, 0.4) is 0 Å². The van der Waals surface area contributed by atoms with E-state index in [1.54, 1.807) is 33.3 Å². The van der Waals surface area contributed by atoms with Crippen molar-refractivity contribution in [3.8, 4) is 23.0 Å². The van der Waals surface area contributed by atoms with E-state index in [4.69, 9.17) is 23.1 Å². The Balaban J connectivity index is 1.37. The summed E-state index contributed by atoms with van der Waals surface area (Å²) in [7, 11) is 6.40. The number of methoxy groups -OCH3 is 4. The van der Waals surface area contributed by atoms with E-state index in [1.165, 1.54) is 0 Å². The van der Waals surface area contributed by atoms with Crippen LogP contribution in [0.4, 0.5) is 0 Å². The molecule has 1 amide bonds. The van der Waals surface area contributed by atoms with Crippen molar-refractivity contribution in [2.24, 2.45) is 0 Å². The average molecular weight is 472 g/mol. The van der Waals surface area contributed by atoms with Gasteiger partial charge in [0.05, 0.1) is 34.9 Å². The number of benzene rings is 2. The van der Waals surface area contributed by atoms with E-state index in [0.717, 1.165) is 28.7 Å². The van der Waals surface area contributed by atoms with Gasteiger partial charge in [0.1, 0.15) is 0 Å². The molecule has 184 valence electrons. The largest absolute Gasteiger partial charge is 0.493 e. The van der Waals surface area contributed by atoms with Crippen molar-refractivity contribution in [3.63, 3.8) is 0 Å². The molecule has 0 aromatic heterocycles. The fourth-order valence-corrected chi connectivity index (χ4v) is 4.96. The van der Waals surface area contributed by atoms with Crippen LogP contribution in [0.15, 0.2) is 24.3 Å². The molecule has 2 aromatic carbocycles. The van der Waals surface area contributed by atoms with Crippen LogP contribution in [0, 0.1) is 0 Å². The van der Waals surface area contributed by atoms with Crippen LogP contribution in [-0.4, -0.2) is 77.3 Å². The Morgan fingerprint density at radius 1 is 0.941 bits per heavy atom. The van der Waals surface area contributed by atoms with Gasteiger partial charge in [0.25, 0.3) is 0 Å². The summed E-state index contributed by atoms with van der Waals surface area (Å²) < 4.78 is 45.9. The van der Waals surface area contributed by atoms with Crippen molar-refractivity contribution >= 4 is 5.91 Å². The number of carbonyl (C=O) groups is 1. The van der Waals surface area contributed by atoms with Gasteiger partial charge in [-0.15, -0.1) is 0 Å². The third-order valence-corrected chi connectivity index (χ3v) is 6.90. The predicted octanol–water partition coefficient (Wildman–Crippen LogP) is 3.31. The van der Waals surface area contributed by atoms with E-state index in [1.807, 2.05) is 29.2 Å². The molecule has 7 nitrogen and oxygen atoms in total. The van der Waals surface area contributed by atoms with Gasteiger partial charge < -0.3 is 28.7 Å². The van der Waals surface area contributed by atoms with Gasteiger partial charge in [-0.05, 0) is 79.3 Å². The Morgan fingerprint density at radius 2 is 1.56 bits per heavy atom. The molecule has 0 spiro atoms. The molecule has 0 fully saturated rings. The number of fused-ring (bicyclic) bond motifs is 2. The fraction of sp³-hybridized carbons (Fsp3) is 0.519. The average Bonchev–Trinajstić information content (AvgIpc) is 3.01. The molecular weight excluding hydrogens is 432 g/mol. The van der Waals surface area contributed by atoms with Crippen molar-refractivity contribution in [2.45, 2.75) is 31.6 Å². The van der Waals surface area contributed by atoms with Gasteiger partial charge in [-0.2, -0.15) is 0 Å². The standard InChI is InChI=1S/C27H36N2O5/c1-28(17-21-11-20-14-25(33-4)26(34-5)16-22(20)21)8-6-9-29-10-7-18-12-23(31-2)24(32-3)13-19(18)15-27(29)30/h12-14,16,21H,6-11,15,17H2,1-5H3/t21-/m1/s1/i1D3. The quantitative estimate of drug-likeness (QED) is 0.530. The highest BCUT2D eigenvalue weighted by molar-refractivity contribution is 5.80. The molecule has 1 aliphatic carbocycles. The number of carbonyl (C=O) groups excluding carboxylic acids is 1. The lowest BCUT2D eigenvalue weighted by molar-refractivity contribution is -0.130. The van der Waals surface area contributed by atoms with Crippen molar-refractivity contribution in [3.05, 3.63) is 46.5 Å². The lowest BCUT2D eigenvalue weighted by atomic mass is 9.77. The van der Waals surface area contributed by atoms with Gasteiger partial charge in [0.2, 0.25) is 5.91 Å². The lowest BCUT2D eigenvalue weighted by Crippen LogP contribution is -2.36. The molecule has 34 heavy (non-hydrogen) atoms. The van der Waals surface area contributed by atoms with E-state index in [9.17, 15) is 4.79 Å². The first kappa shape index (κ1) is 20.4. The zero-order valence-corrected chi connectivity index (χ0v) is 20.5. The maximum Gasteiger partial charge on any atom is 0.227 e. The van der Waals surface area contributed by atoms with Crippen LogP contribution < -0.4 is 18.9 Å². The Kier molecular flexibility index (Phi) is 6.35. The second-order valence-electron chi connectivity index (χ2n) is 8.89. The zero-order valence-electron chi connectivity index (χ0n) is 23.5. The fourth-order valence-electron chi connectivity index (χ4n) is 4.96. The molecule has 7 heteroatoms. The Morgan fingerprint density at radius 3 is 2.21 bits per heavy atom. The van der Waals surface area contributed by atoms with Crippen LogP contribution in [0.1, 0.15) is 38.7 Å². The predicted molar refractivity (Wildman–Crippen MR) is 132 cm³/mol. The first-order valence-corrected chi connectivity index (χ1v) is 11.7. The molecule has 0 saturated carbocycles. The van der Waals surface area contributed by atoms with Gasteiger partial charge in [-0.25, -0.2) is 0 Å². The smallest absolute Gasteiger partial charge is 0.227 e. The minimum Gasteiger partial charge on any atom is -0.493 e. The molecule has 0 bridgehead atoms. The van der Waals surface area contributed by atoms with E-state index >= 15 is 0 Å². The van der Waals surface area contributed by atoms with Crippen molar-refractivity contribution in [1.82, 2.24) is 9.80 Å². The highest BCUT2D eigenvalue weighted by Gasteiger charge is 2.29. The first-order chi connectivity index (χ1) is 17.7. The maximum atomic E-state index is 13.0. The van der Waals surface area contributed by atoms with Gasteiger partial charge in [-0.1, -0.05) is 0 Å². The van der Waals surface area contributed by atoms with Crippen LogP contribution in [0.5, 0.6) is 23.0 Å². The lowest BCUT2D eigenvalue weighted by Gasteiger charge is -2.34. The molecular formula is C27H36N2O5. The molecule has 0 saturated heterocycles. The van der Waals surface area contributed by atoms with Crippen LogP contribution in [0.2, 0.25) is 0 Å². The molecule has 2 aromatic rings. The molecule has 1 aliphatic heterocycles. The third kappa shape index (κ3) is 4.94. The number of hydrogen-bond donors (Lipinski definition) is 0. The van der Waals surface area contributed by atoms with Crippen LogP contribution >= 0.6 is 0 Å². The monoisotopic (exact) mass is 471 g/mol. The zero-order chi connectivity index (χ0) is 26.7. The third-order valence-electron chi connectivity index (χ3n) is 6.90. The number of hydrogen-bond acceptors (Lipinski definition) is 6. The summed E-state index contributed by atoms with van der Waals surface area (Å²) >= 11 is 0. The van der Waals surface area contributed by atoms with E-state index in [0.29, 0.717) is 68.4 Å². The van der Waals surface area contributed by atoms with Gasteiger partial charge in [-0.3, -0.25) is 4.79 Å². The molecule has 4 rings (SSSR count). The second kappa shape index (κ2) is 10.6. The van der Waals surface area contributed by atoms with E-state index in [2.05, 4.69) is 0 Å². The van der Waals surface area contributed by atoms with Crippen molar-refractivity contribution < 1.29 is 27.9 Å². The maximum absolute atomic E-state index is 13.0. The summed E-state index contributed by atoms with van der Waals surface area (Å²) in [5, 5.41) is 0. The summed E-state index contributed by atoms with van der Waals surface area (Å²) in [4.78, 5) is 16.4. The van der Waals surface area contributed by atoms with Crippen LogP contribution in [-0.2, 0) is 24.1 Å². The molecule has 2 aliphatic rings. The highest BCUT2D eigenvalue weighted by Crippen LogP contribution is 2.42. The summed E-state index contributed by atoms with van der Waals surface area (Å²) in [5.41, 5.74) is 4.30. The number of rotatable bonds is 10. The minimum absolute atomic E-state index is 0.0420. The van der Waals surface area contributed by atoms with E-state index in [-0.39, 0.29) is 11.8 Å². The molecule has 1 heterocycles. The van der Waals surface area contributed by atoms with Gasteiger partial charge in [0.15, 0.2) is 23.0 Å². The molecule has 0 unspecified atom stereocenters. The molecule has 0 radical (unpaired) electrons. The van der Waals surface area contributed by atoms with Gasteiger partial charge in [0, 0.05) is 29.7 Å². The number of amides is 1. The number of likely N-dealkylation sites (N-methyl/N-ethyl adjacent to an activating group) is 1. The topological polar surface area (TPSA) is 60.5 Å². The number of ether oxygens (including phenoxy) is 4. The van der Waals surface area contributed by atoms with E-state index < -0.39 is 6.98 Å². The van der Waals surface area contributed by atoms with Crippen molar-refractivity contribution in [1.29, 1.82) is 0 Å². The normalized spacial score (nSPS) is 18.6. The summed E-state index contributed by atoms with van der Waals surface area (Å²) in [6, 6.07) is 7.76. The SMILES string of the molecule is [2H]C([2H])([2H])N(CCCN1CCc2cc(OC)c(OC)cc2CC1=O)C[C@H]1Cc2cc(OC)c(OC)cc21. The first-order valence-electron chi connectivity index (χ1n) is 13.2. The second-order valence-corrected chi connectivity index (χ2v) is 8.89. The molecule has 1 atom stereocenters. The summed E-state index contributed by atoms with van der Waals surface area (Å²) in [6.45, 7) is -0.295. The summed E-state index contributed by atoms with van der Waals surface area (Å²) in [5.74, 6) is 2.78. The van der Waals surface area contributed by atoms with Gasteiger partial charge >= 0.3 is 0 Å². The molecule has 0 N–H and O–H groups in total. The minimum atomic E-state index is -2.21. The Labute approximate surface area is 206 Å².